The van der Waals surface area contributed by atoms with Crippen molar-refractivity contribution in [1.82, 2.24) is 15.2 Å². The number of benzene rings is 1. The van der Waals surface area contributed by atoms with Gasteiger partial charge >= 0.3 is 0 Å². The predicted molar refractivity (Wildman–Crippen MR) is 98.1 cm³/mol. The molecular formula is C19H22FN3O2S. The topological polar surface area (TPSA) is 62.3 Å². The number of piperidine rings is 1. The molecule has 1 aromatic heterocycles. The van der Waals surface area contributed by atoms with Crippen molar-refractivity contribution >= 4 is 23.2 Å². The second kappa shape index (κ2) is 8.40. The van der Waals surface area contributed by atoms with Crippen LogP contribution >= 0.6 is 11.3 Å². The van der Waals surface area contributed by atoms with E-state index in [9.17, 15) is 14.0 Å². The molecule has 2 aromatic rings. The van der Waals surface area contributed by atoms with Crippen LogP contribution in [-0.2, 0) is 16.0 Å². The maximum Gasteiger partial charge on any atom is 0.227 e. The summed E-state index contributed by atoms with van der Waals surface area (Å²) in [6.45, 7) is 2.75. The minimum Gasteiger partial charge on any atom is -0.347 e. The van der Waals surface area contributed by atoms with Gasteiger partial charge < -0.3 is 10.2 Å². The van der Waals surface area contributed by atoms with Crippen molar-refractivity contribution < 1.29 is 14.0 Å². The summed E-state index contributed by atoms with van der Waals surface area (Å²) in [6.07, 6.45) is 3.71. The molecule has 2 amide bonds. The molecule has 1 aromatic carbocycles. The van der Waals surface area contributed by atoms with Gasteiger partial charge in [0.2, 0.25) is 11.8 Å². The molecule has 1 aliphatic rings. The quantitative estimate of drug-likeness (QED) is 0.874. The summed E-state index contributed by atoms with van der Waals surface area (Å²) in [6, 6.07) is 5.97. The van der Waals surface area contributed by atoms with E-state index in [2.05, 4.69) is 10.3 Å². The van der Waals surface area contributed by atoms with Crippen molar-refractivity contribution in [3.8, 4) is 0 Å². The molecule has 1 aliphatic heterocycles. The molecule has 3 rings (SSSR count). The number of hydrogen-bond donors (Lipinski definition) is 1. The van der Waals surface area contributed by atoms with Crippen molar-refractivity contribution in [3.05, 3.63) is 52.2 Å². The highest BCUT2D eigenvalue weighted by molar-refractivity contribution is 7.09. The average Bonchev–Trinajstić information content (AvgIpc) is 3.14. The fourth-order valence-electron chi connectivity index (χ4n) is 3.43. The monoisotopic (exact) mass is 375 g/mol. The zero-order valence-corrected chi connectivity index (χ0v) is 15.5. The van der Waals surface area contributed by atoms with Crippen LogP contribution in [-0.4, -0.2) is 34.8 Å². The zero-order valence-electron chi connectivity index (χ0n) is 14.7. The highest BCUT2D eigenvalue weighted by atomic mass is 32.1. The Hall–Kier alpha value is -2.28. The van der Waals surface area contributed by atoms with Gasteiger partial charge in [-0.3, -0.25) is 9.59 Å². The lowest BCUT2D eigenvalue weighted by atomic mass is 9.90. The lowest BCUT2D eigenvalue weighted by Crippen LogP contribution is -2.45. The van der Waals surface area contributed by atoms with Gasteiger partial charge in [-0.15, -0.1) is 11.3 Å². The third-order valence-corrected chi connectivity index (χ3v) is 5.46. The molecule has 2 heterocycles. The molecule has 138 valence electrons. The number of rotatable bonds is 5. The number of amides is 2. The van der Waals surface area contributed by atoms with Gasteiger partial charge in [0.05, 0.1) is 12.5 Å². The molecule has 1 saturated heterocycles. The van der Waals surface area contributed by atoms with Gasteiger partial charge in [0.1, 0.15) is 10.8 Å². The van der Waals surface area contributed by atoms with E-state index in [0.29, 0.717) is 18.7 Å². The van der Waals surface area contributed by atoms with E-state index in [1.54, 1.807) is 18.3 Å². The number of carbonyl (C=O) groups excluding carboxylic acids is 2. The molecule has 5 nitrogen and oxygen atoms in total. The molecule has 0 bridgehead atoms. The first-order valence-electron chi connectivity index (χ1n) is 8.71. The maximum absolute atomic E-state index is 13.3. The standard InChI is InChI=1S/C19H22FN3O2S/c1-13(24)22-18(19-21-7-9-26-19)15-5-3-8-23(12-15)17(25)11-14-4-2-6-16(20)10-14/h2,4,6-7,9-10,15,18H,3,5,8,11-12H2,1H3,(H,22,24)/t15-,18-/m0/s1. The van der Waals surface area contributed by atoms with E-state index in [4.69, 9.17) is 0 Å². The fourth-order valence-corrected chi connectivity index (χ4v) is 4.21. The number of halogens is 1. The van der Waals surface area contributed by atoms with Gasteiger partial charge in [-0.05, 0) is 30.5 Å². The van der Waals surface area contributed by atoms with Gasteiger partial charge in [-0.1, -0.05) is 12.1 Å². The summed E-state index contributed by atoms with van der Waals surface area (Å²) in [7, 11) is 0. The van der Waals surface area contributed by atoms with Crippen molar-refractivity contribution in [2.24, 2.45) is 5.92 Å². The Balaban J connectivity index is 1.69. The molecule has 26 heavy (non-hydrogen) atoms. The first-order valence-corrected chi connectivity index (χ1v) is 9.59. The van der Waals surface area contributed by atoms with E-state index < -0.39 is 0 Å². The van der Waals surface area contributed by atoms with Gasteiger partial charge in [0, 0.05) is 37.5 Å². The highest BCUT2D eigenvalue weighted by Gasteiger charge is 2.32. The molecular weight excluding hydrogens is 353 g/mol. The second-order valence-corrected chi connectivity index (χ2v) is 7.52. The minimum atomic E-state index is -0.332. The molecule has 2 atom stereocenters. The van der Waals surface area contributed by atoms with Crippen LogP contribution in [0.3, 0.4) is 0 Å². The van der Waals surface area contributed by atoms with Crippen LogP contribution in [0, 0.1) is 11.7 Å². The van der Waals surface area contributed by atoms with Crippen molar-refractivity contribution in [2.45, 2.75) is 32.2 Å². The van der Waals surface area contributed by atoms with Crippen LogP contribution in [0.15, 0.2) is 35.8 Å². The lowest BCUT2D eigenvalue weighted by Gasteiger charge is -2.36. The van der Waals surface area contributed by atoms with Crippen molar-refractivity contribution in [3.63, 3.8) is 0 Å². The van der Waals surface area contributed by atoms with E-state index in [-0.39, 0.29) is 36.0 Å². The fraction of sp³-hybridized carbons (Fsp3) is 0.421. The Morgan fingerprint density at radius 1 is 1.46 bits per heavy atom. The maximum atomic E-state index is 13.3. The molecule has 1 N–H and O–H groups in total. The van der Waals surface area contributed by atoms with Crippen LogP contribution in [0.1, 0.15) is 36.4 Å². The van der Waals surface area contributed by atoms with Crippen molar-refractivity contribution in [2.75, 3.05) is 13.1 Å². The number of carbonyl (C=O) groups is 2. The molecule has 0 radical (unpaired) electrons. The third-order valence-electron chi connectivity index (χ3n) is 4.60. The second-order valence-electron chi connectivity index (χ2n) is 6.60. The Bertz CT molecular complexity index is 766. The largest absolute Gasteiger partial charge is 0.347 e. The number of nitrogens with one attached hydrogen (secondary N) is 1. The normalized spacial score (nSPS) is 18.4. The zero-order chi connectivity index (χ0) is 18.5. The number of hydrogen-bond acceptors (Lipinski definition) is 4. The smallest absolute Gasteiger partial charge is 0.227 e. The van der Waals surface area contributed by atoms with Gasteiger partial charge in [0.15, 0.2) is 0 Å². The van der Waals surface area contributed by atoms with Gasteiger partial charge in [-0.25, -0.2) is 9.37 Å². The summed E-state index contributed by atoms with van der Waals surface area (Å²) in [5.74, 6) is -0.328. The molecule has 0 unspecified atom stereocenters. The van der Waals surface area contributed by atoms with Crippen LogP contribution < -0.4 is 5.32 Å². The molecule has 0 saturated carbocycles. The summed E-state index contributed by atoms with van der Waals surface area (Å²) >= 11 is 1.51. The average molecular weight is 375 g/mol. The lowest BCUT2D eigenvalue weighted by molar-refractivity contribution is -0.132. The first-order chi connectivity index (χ1) is 12.5. The van der Waals surface area contributed by atoms with Crippen LogP contribution in [0.5, 0.6) is 0 Å². The van der Waals surface area contributed by atoms with E-state index >= 15 is 0 Å². The van der Waals surface area contributed by atoms with Gasteiger partial charge in [-0.2, -0.15) is 0 Å². The SMILES string of the molecule is CC(=O)N[C@H](c1nccs1)[C@H]1CCCN(C(=O)Cc2cccc(F)c2)C1. The predicted octanol–water partition coefficient (Wildman–Crippen LogP) is 2.94. The van der Waals surface area contributed by atoms with Gasteiger partial charge in [0.25, 0.3) is 0 Å². The number of aromatic nitrogens is 1. The molecule has 1 fully saturated rings. The number of likely N-dealkylation sites (tertiary alicyclic amines) is 1. The summed E-state index contributed by atoms with van der Waals surface area (Å²) < 4.78 is 13.3. The Labute approximate surface area is 156 Å². The highest BCUT2D eigenvalue weighted by Crippen LogP contribution is 2.31. The minimum absolute atomic E-state index is 0.0130. The van der Waals surface area contributed by atoms with E-state index in [1.807, 2.05) is 10.3 Å². The summed E-state index contributed by atoms with van der Waals surface area (Å²) in [5, 5.41) is 5.74. The molecule has 0 spiro atoms. The number of thiazole rings is 1. The summed E-state index contributed by atoms with van der Waals surface area (Å²) in [5.41, 5.74) is 0.676. The molecule has 0 aliphatic carbocycles. The van der Waals surface area contributed by atoms with Crippen LogP contribution in [0.25, 0.3) is 0 Å². The number of nitrogens with zero attached hydrogens (tertiary/aromatic N) is 2. The Morgan fingerprint density at radius 2 is 2.31 bits per heavy atom. The van der Waals surface area contributed by atoms with E-state index in [0.717, 1.165) is 17.8 Å². The van der Waals surface area contributed by atoms with Crippen molar-refractivity contribution in [1.29, 1.82) is 0 Å². The third kappa shape index (κ3) is 4.66. The van der Waals surface area contributed by atoms with Crippen LogP contribution in [0.2, 0.25) is 0 Å². The van der Waals surface area contributed by atoms with E-state index in [1.165, 1.54) is 30.4 Å². The van der Waals surface area contributed by atoms with Crippen LogP contribution in [0.4, 0.5) is 4.39 Å². The first kappa shape index (κ1) is 18.5. The Kier molecular flexibility index (Phi) is 5.98. The molecule has 7 heteroatoms. The Morgan fingerprint density at radius 3 is 3.00 bits per heavy atom. The summed E-state index contributed by atoms with van der Waals surface area (Å²) in [4.78, 5) is 30.5.